The van der Waals surface area contributed by atoms with E-state index in [1.54, 1.807) is 6.92 Å². The van der Waals surface area contributed by atoms with Crippen LogP contribution in [0.4, 0.5) is 5.82 Å². The molecule has 6 heteroatoms. The van der Waals surface area contributed by atoms with Gasteiger partial charge in [-0.1, -0.05) is 6.92 Å². The van der Waals surface area contributed by atoms with Gasteiger partial charge in [-0.2, -0.15) is 0 Å². The molecule has 1 unspecified atom stereocenters. The fraction of sp³-hybridized carbons (Fsp3) is 0.583. The second kappa shape index (κ2) is 5.30. The van der Waals surface area contributed by atoms with Crippen LogP contribution in [0.2, 0.25) is 0 Å². The van der Waals surface area contributed by atoms with Gasteiger partial charge in [-0.3, -0.25) is 4.79 Å². The molecule has 4 N–H and O–H groups in total. The summed E-state index contributed by atoms with van der Waals surface area (Å²) < 4.78 is 5.68. The van der Waals surface area contributed by atoms with Gasteiger partial charge in [0.15, 0.2) is 5.82 Å². The van der Waals surface area contributed by atoms with Crippen LogP contribution in [0.25, 0.3) is 0 Å². The highest BCUT2D eigenvalue weighted by molar-refractivity contribution is 5.98. The van der Waals surface area contributed by atoms with Gasteiger partial charge < -0.3 is 16.2 Å². The molecule has 0 fully saturated rings. The molecule has 1 atom stereocenters. The molecule has 18 heavy (non-hydrogen) atoms. The van der Waals surface area contributed by atoms with Crippen molar-refractivity contribution in [2.24, 2.45) is 5.73 Å². The van der Waals surface area contributed by atoms with Crippen molar-refractivity contribution in [3.63, 3.8) is 0 Å². The van der Waals surface area contributed by atoms with Gasteiger partial charge in [-0.25, -0.2) is 9.97 Å². The van der Waals surface area contributed by atoms with Gasteiger partial charge in [0.2, 0.25) is 0 Å². The molecule has 1 rings (SSSR count). The first-order valence-corrected chi connectivity index (χ1v) is 5.94. The molecule has 0 aliphatic carbocycles. The third-order valence-electron chi connectivity index (χ3n) is 2.97. The predicted molar refractivity (Wildman–Crippen MR) is 69.0 cm³/mol. The van der Waals surface area contributed by atoms with E-state index in [9.17, 15) is 4.79 Å². The van der Waals surface area contributed by atoms with Gasteiger partial charge in [0.25, 0.3) is 5.91 Å². The molecule has 6 nitrogen and oxygen atoms in total. The molecule has 100 valence electrons. The summed E-state index contributed by atoms with van der Waals surface area (Å²) in [6.45, 7) is 8.01. The van der Waals surface area contributed by atoms with Crippen molar-refractivity contribution in [2.45, 2.75) is 39.7 Å². The fourth-order valence-corrected chi connectivity index (χ4v) is 1.78. The SMILES string of the molecule is CCOC(C)(CC)c1nc(C)c(C(N)=O)c(N)n1. The Labute approximate surface area is 107 Å². The molecule has 0 aromatic carbocycles. The molecule has 0 bridgehead atoms. The molecule has 1 aromatic rings. The number of hydrogen-bond acceptors (Lipinski definition) is 5. The van der Waals surface area contributed by atoms with E-state index in [0.717, 1.165) is 0 Å². The van der Waals surface area contributed by atoms with Crippen LogP contribution in [0, 0.1) is 6.92 Å². The normalized spacial score (nSPS) is 14.2. The Kier molecular flexibility index (Phi) is 4.24. The largest absolute Gasteiger partial charge is 0.383 e. The van der Waals surface area contributed by atoms with E-state index in [0.29, 0.717) is 24.5 Å². The highest BCUT2D eigenvalue weighted by Gasteiger charge is 2.30. The molecule has 0 spiro atoms. The summed E-state index contributed by atoms with van der Waals surface area (Å²) in [6, 6.07) is 0. The molecule has 0 saturated heterocycles. The zero-order valence-electron chi connectivity index (χ0n) is 11.3. The van der Waals surface area contributed by atoms with Crippen molar-refractivity contribution in [3.05, 3.63) is 17.1 Å². The van der Waals surface area contributed by atoms with E-state index in [-0.39, 0.29) is 11.4 Å². The lowest BCUT2D eigenvalue weighted by molar-refractivity contribution is -0.0390. The number of anilines is 1. The van der Waals surface area contributed by atoms with Crippen molar-refractivity contribution >= 4 is 11.7 Å². The maximum atomic E-state index is 11.2. The summed E-state index contributed by atoms with van der Waals surface area (Å²) in [7, 11) is 0. The predicted octanol–water partition coefficient (Wildman–Crippen LogP) is 1.13. The van der Waals surface area contributed by atoms with Crippen LogP contribution in [0.15, 0.2) is 0 Å². The minimum atomic E-state index is -0.619. The van der Waals surface area contributed by atoms with Crippen LogP contribution in [-0.4, -0.2) is 22.5 Å². The van der Waals surface area contributed by atoms with Crippen LogP contribution < -0.4 is 11.5 Å². The standard InChI is InChI=1S/C12H20N4O2/c1-5-12(4,18-6-2)11-15-7(3)8(10(14)17)9(13)16-11/h5-6H2,1-4H3,(H2,14,17)(H2,13,15,16). The van der Waals surface area contributed by atoms with Gasteiger partial charge in [-0.15, -0.1) is 0 Å². The first-order chi connectivity index (χ1) is 8.35. The van der Waals surface area contributed by atoms with Gasteiger partial charge in [0.1, 0.15) is 17.0 Å². The number of carbonyl (C=O) groups excluding carboxylic acids is 1. The van der Waals surface area contributed by atoms with Crippen LogP contribution in [0.1, 0.15) is 49.1 Å². The Morgan fingerprint density at radius 2 is 2.00 bits per heavy atom. The zero-order valence-corrected chi connectivity index (χ0v) is 11.3. The number of nitrogens with two attached hydrogens (primary N) is 2. The summed E-state index contributed by atoms with van der Waals surface area (Å²) in [5.41, 5.74) is 11.0. The number of ether oxygens (including phenoxy) is 1. The summed E-state index contributed by atoms with van der Waals surface area (Å²) in [5.74, 6) is -0.0395. The second-order valence-corrected chi connectivity index (χ2v) is 4.27. The molecule has 0 aliphatic heterocycles. The number of aryl methyl sites for hydroxylation is 1. The molecule has 1 amide bonds. The van der Waals surface area contributed by atoms with Crippen molar-refractivity contribution < 1.29 is 9.53 Å². The topological polar surface area (TPSA) is 104 Å². The lowest BCUT2D eigenvalue weighted by Crippen LogP contribution is -2.30. The molecular formula is C12H20N4O2. The zero-order chi connectivity index (χ0) is 13.9. The highest BCUT2D eigenvalue weighted by atomic mass is 16.5. The highest BCUT2D eigenvalue weighted by Crippen LogP contribution is 2.27. The smallest absolute Gasteiger partial charge is 0.254 e. The van der Waals surface area contributed by atoms with E-state index in [4.69, 9.17) is 16.2 Å². The van der Waals surface area contributed by atoms with Gasteiger partial charge >= 0.3 is 0 Å². The number of carbonyl (C=O) groups is 1. The number of amides is 1. The number of nitrogen functional groups attached to an aromatic ring is 1. The van der Waals surface area contributed by atoms with Gasteiger partial charge in [-0.05, 0) is 27.2 Å². The number of rotatable bonds is 5. The Balaban J connectivity index is 3.32. The first kappa shape index (κ1) is 14.4. The molecule has 1 heterocycles. The van der Waals surface area contributed by atoms with E-state index >= 15 is 0 Å². The number of aromatic nitrogens is 2. The fourth-order valence-electron chi connectivity index (χ4n) is 1.78. The van der Waals surface area contributed by atoms with Crippen molar-refractivity contribution in [3.8, 4) is 0 Å². The molecule has 0 radical (unpaired) electrons. The van der Waals surface area contributed by atoms with E-state index < -0.39 is 11.5 Å². The summed E-state index contributed by atoms with van der Waals surface area (Å²) in [5, 5.41) is 0. The minimum absolute atomic E-state index is 0.101. The monoisotopic (exact) mass is 252 g/mol. The summed E-state index contributed by atoms with van der Waals surface area (Å²) in [4.78, 5) is 19.7. The van der Waals surface area contributed by atoms with E-state index in [1.807, 2.05) is 20.8 Å². The average molecular weight is 252 g/mol. The lowest BCUT2D eigenvalue weighted by Gasteiger charge is -2.27. The lowest BCUT2D eigenvalue weighted by atomic mass is 10.0. The number of primary amides is 1. The van der Waals surface area contributed by atoms with Crippen LogP contribution in [-0.2, 0) is 10.3 Å². The molecule has 0 aliphatic rings. The van der Waals surface area contributed by atoms with E-state index in [1.165, 1.54) is 0 Å². The van der Waals surface area contributed by atoms with Crippen molar-refractivity contribution in [2.75, 3.05) is 12.3 Å². The Hall–Kier alpha value is -1.69. The van der Waals surface area contributed by atoms with E-state index in [2.05, 4.69) is 9.97 Å². The third kappa shape index (κ3) is 2.59. The minimum Gasteiger partial charge on any atom is -0.383 e. The third-order valence-corrected chi connectivity index (χ3v) is 2.97. The number of nitrogens with zero attached hydrogens (tertiary/aromatic N) is 2. The summed E-state index contributed by atoms with van der Waals surface area (Å²) in [6.07, 6.45) is 0.704. The average Bonchev–Trinajstić information content (AvgIpc) is 2.27. The molecular weight excluding hydrogens is 232 g/mol. The molecule has 1 aromatic heterocycles. The summed E-state index contributed by atoms with van der Waals surface area (Å²) >= 11 is 0. The van der Waals surface area contributed by atoms with Crippen molar-refractivity contribution in [1.82, 2.24) is 9.97 Å². The Morgan fingerprint density at radius 3 is 2.39 bits per heavy atom. The second-order valence-electron chi connectivity index (χ2n) is 4.27. The van der Waals surface area contributed by atoms with Gasteiger partial charge in [0.05, 0.1) is 5.69 Å². The Bertz CT molecular complexity index is 438. The van der Waals surface area contributed by atoms with Crippen LogP contribution in [0.5, 0.6) is 0 Å². The van der Waals surface area contributed by atoms with Gasteiger partial charge in [0, 0.05) is 6.61 Å². The first-order valence-electron chi connectivity index (χ1n) is 5.94. The van der Waals surface area contributed by atoms with Crippen LogP contribution in [0.3, 0.4) is 0 Å². The Morgan fingerprint density at radius 1 is 1.39 bits per heavy atom. The van der Waals surface area contributed by atoms with Crippen LogP contribution >= 0.6 is 0 Å². The quantitative estimate of drug-likeness (QED) is 0.817. The maximum absolute atomic E-state index is 11.2. The maximum Gasteiger partial charge on any atom is 0.254 e. The van der Waals surface area contributed by atoms with Crippen molar-refractivity contribution in [1.29, 1.82) is 0 Å². The number of hydrogen-bond donors (Lipinski definition) is 2. The molecule has 0 saturated carbocycles.